The van der Waals surface area contributed by atoms with E-state index in [0.717, 1.165) is 12.1 Å². The van der Waals surface area contributed by atoms with Crippen LogP contribution < -0.4 is 10.1 Å². The smallest absolute Gasteiger partial charge is 0.391 e. The molecule has 0 saturated heterocycles. The highest BCUT2D eigenvalue weighted by molar-refractivity contribution is 7.39. The van der Waals surface area contributed by atoms with Crippen molar-refractivity contribution in [3.63, 3.8) is 0 Å². The lowest BCUT2D eigenvalue weighted by Gasteiger charge is -2.09. The summed E-state index contributed by atoms with van der Waals surface area (Å²) >= 11 is 0. The van der Waals surface area contributed by atoms with Crippen LogP contribution in [0.25, 0.3) is 11.0 Å². The molecule has 0 aliphatic rings. The van der Waals surface area contributed by atoms with Crippen LogP contribution in [0.4, 0.5) is 8.78 Å². The van der Waals surface area contributed by atoms with Gasteiger partial charge < -0.3 is 18.7 Å². The van der Waals surface area contributed by atoms with Gasteiger partial charge in [0.1, 0.15) is 0 Å². The van der Waals surface area contributed by atoms with E-state index in [1.165, 1.54) is 6.92 Å². The highest BCUT2D eigenvalue weighted by atomic mass is 31.2. The zero-order valence-corrected chi connectivity index (χ0v) is 9.87. The van der Waals surface area contributed by atoms with Gasteiger partial charge in [-0.05, 0) is 18.6 Å². The van der Waals surface area contributed by atoms with E-state index in [9.17, 15) is 13.6 Å². The van der Waals surface area contributed by atoms with Crippen molar-refractivity contribution in [2.45, 2.75) is 6.92 Å². The molecule has 0 bridgehead atoms. The summed E-state index contributed by atoms with van der Waals surface area (Å²) in [6, 6.07) is 1.98. The highest BCUT2D eigenvalue weighted by Gasteiger charge is 2.21. The first-order valence-electron chi connectivity index (χ1n) is 4.68. The van der Waals surface area contributed by atoms with Gasteiger partial charge in [0.25, 0.3) is 0 Å². The van der Waals surface area contributed by atoms with Gasteiger partial charge in [0, 0.05) is 11.5 Å². The Hall–Kier alpha value is -1.56. The SMILES string of the molecule is Cc1cc(=O)oc2c(F)c(OP(O)O)c(F)cc12. The summed E-state index contributed by atoms with van der Waals surface area (Å²) in [5.41, 5.74) is -0.958. The molecular weight excluding hydrogens is 269 g/mol. The summed E-state index contributed by atoms with van der Waals surface area (Å²) < 4.78 is 36.2. The van der Waals surface area contributed by atoms with Crippen LogP contribution >= 0.6 is 8.60 Å². The molecule has 0 spiro atoms. The third-order valence-corrected chi connectivity index (χ3v) is 2.61. The first-order chi connectivity index (χ1) is 8.40. The van der Waals surface area contributed by atoms with Crippen molar-refractivity contribution in [2.24, 2.45) is 0 Å². The van der Waals surface area contributed by atoms with Crippen molar-refractivity contribution in [3.8, 4) is 5.75 Å². The first kappa shape index (κ1) is 12.9. The minimum atomic E-state index is -2.98. The molecule has 0 radical (unpaired) electrons. The molecule has 18 heavy (non-hydrogen) atoms. The molecule has 0 saturated carbocycles. The Morgan fingerprint density at radius 1 is 1.33 bits per heavy atom. The van der Waals surface area contributed by atoms with Gasteiger partial charge in [0.2, 0.25) is 11.6 Å². The average molecular weight is 276 g/mol. The molecule has 0 fully saturated rings. The van der Waals surface area contributed by atoms with Crippen LogP contribution in [0.2, 0.25) is 0 Å². The quantitative estimate of drug-likeness (QED) is 0.647. The van der Waals surface area contributed by atoms with Crippen LogP contribution in [0.15, 0.2) is 21.3 Å². The monoisotopic (exact) mass is 276 g/mol. The lowest BCUT2D eigenvalue weighted by atomic mass is 10.1. The lowest BCUT2D eigenvalue weighted by Crippen LogP contribution is -2.02. The Morgan fingerprint density at radius 3 is 2.61 bits per heavy atom. The number of benzene rings is 1. The maximum absolute atomic E-state index is 13.8. The fourth-order valence-electron chi connectivity index (χ4n) is 1.53. The molecule has 96 valence electrons. The Bertz CT molecular complexity index is 667. The van der Waals surface area contributed by atoms with Crippen molar-refractivity contribution in [1.82, 2.24) is 0 Å². The lowest BCUT2D eigenvalue weighted by molar-refractivity contribution is 0.352. The normalized spacial score (nSPS) is 11.2. The average Bonchev–Trinajstić information content (AvgIpc) is 2.26. The molecule has 0 aliphatic heterocycles. The maximum Gasteiger partial charge on any atom is 0.391 e. The largest absolute Gasteiger partial charge is 0.421 e. The van der Waals surface area contributed by atoms with Crippen LogP contribution in [0.3, 0.4) is 0 Å². The van der Waals surface area contributed by atoms with Gasteiger partial charge in [0.15, 0.2) is 11.4 Å². The molecule has 0 unspecified atom stereocenters. The van der Waals surface area contributed by atoms with E-state index in [0.29, 0.717) is 5.56 Å². The standard InChI is InChI=1S/C10H7F2O5P/c1-4-2-7(13)16-9-5(4)3-6(11)10(8(9)12)17-18(14)15/h2-3,14-15H,1H3. The maximum atomic E-state index is 13.8. The second-order valence-corrected chi connectivity index (χ2v) is 4.16. The van der Waals surface area contributed by atoms with E-state index in [4.69, 9.17) is 9.79 Å². The molecule has 5 nitrogen and oxygen atoms in total. The van der Waals surface area contributed by atoms with E-state index < -0.39 is 37.2 Å². The topological polar surface area (TPSA) is 79.9 Å². The zero-order chi connectivity index (χ0) is 13.4. The van der Waals surface area contributed by atoms with Crippen molar-refractivity contribution in [1.29, 1.82) is 0 Å². The molecular formula is C10H7F2O5P. The minimum absolute atomic E-state index is 0.0668. The Labute approximate surface area is 100 Å². The van der Waals surface area contributed by atoms with Crippen molar-refractivity contribution < 1.29 is 27.5 Å². The number of aryl methyl sites for hydroxylation is 1. The van der Waals surface area contributed by atoms with Gasteiger partial charge in [0.05, 0.1) is 0 Å². The first-order valence-corrected chi connectivity index (χ1v) is 5.85. The number of hydrogen-bond acceptors (Lipinski definition) is 5. The van der Waals surface area contributed by atoms with Crippen LogP contribution in [-0.4, -0.2) is 9.79 Å². The van der Waals surface area contributed by atoms with Crippen LogP contribution in [0.5, 0.6) is 5.75 Å². The summed E-state index contributed by atoms with van der Waals surface area (Å²) in [7, 11) is -2.98. The van der Waals surface area contributed by atoms with E-state index in [1.54, 1.807) is 0 Å². The van der Waals surface area contributed by atoms with Crippen LogP contribution in [-0.2, 0) is 0 Å². The minimum Gasteiger partial charge on any atom is -0.421 e. The summed E-state index contributed by atoms with van der Waals surface area (Å²) in [6.07, 6.45) is 0. The molecule has 1 aromatic heterocycles. The fourth-order valence-corrected chi connectivity index (χ4v) is 1.86. The molecule has 8 heteroatoms. The second kappa shape index (κ2) is 4.61. The molecule has 1 aromatic carbocycles. The Kier molecular flexibility index (Phi) is 3.30. The Morgan fingerprint density at radius 2 is 2.00 bits per heavy atom. The number of halogens is 2. The zero-order valence-electron chi connectivity index (χ0n) is 8.98. The number of rotatable bonds is 2. The van der Waals surface area contributed by atoms with Gasteiger partial charge in [-0.3, -0.25) is 0 Å². The van der Waals surface area contributed by atoms with Crippen molar-refractivity contribution in [3.05, 3.63) is 39.8 Å². The third kappa shape index (κ3) is 2.20. The van der Waals surface area contributed by atoms with E-state index >= 15 is 0 Å². The molecule has 2 rings (SSSR count). The molecule has 1 heterocycles. The second-order valence-electron chi connectivity index (χ2n) is 3.47. The highest BCUT2D eigenvalue weighted by Crippen LogP contribution is 2.36. The van der Waals surface area contributed by atoms with Gasteiger partial charge in [-0.2, -0.15) is 4.39 Å². The predicted octanol–water partition coefficient (Wildman–Crippen LogP) is 1.97. The number of hydrogen-bond donors (Lipinski definition) is 2. The summed E-state index contributed by atoms with van der Waals surface area (Å²) in [5, 5.41) is 0.0668. The summed E-state index contributed by atoms with van der Waals surface area (Å²) in [6.45, 7) is 1.49. The summed E-state index contributed by atoms with van der Waals surface area (Å²) in [5.74, 6) is -3.40. The predicted molar refractivity (Wildman–Crippen MR) is 59.1 cm³/mol. The van der Waals surface area contributed by atoms with Gasteiger partial charge in [-0.1, -0.05) is 0 Å². The third-order valence-electron chi connectivity index (χ3n) is 2.27. The van der Waals surface area contributed by atoms with E-state index in [1.807, 2.05) is 0 Å². The van der Waals surface area contributed by atoms with Crippen LogP contribution in [0.1, 0.15) is 5.56 Å². The molecule has 2 N–H and O–H groups in total. The van der Waals surface area contributed by atoms with Crippen molar-refractivity contribution in [2.75, 3.05) is 0 Å². The number of fused-ring (bicyclic) bond motifs is 1. The summed E-state index contributed by atoms with van der Waals surface area (Å²) in [4.78, 5) is 28.3. The Balaban J connectivity index is 2.80. The van der Waals surface area contributed by atoms with E-state index in [-0.39, 0.29) is 5.39 Å². The van der Waals surface area contributed by atoms with Gasteiger partial charge >= 0.3 is 14.2 Å². The fraction of sp³-hybridized carbons (Fsp3) is 0.100. The van der Waals surface area contributed by atoms with Gasteiger partial charge in [-0.15, -0.1) is 0 Å². The van der Waals surface area contributed by atoms with Crippen LogP contribution in [0, 0.1) is 18.6 Å². The molecule has 0 atom stereocenters. The molecule has 0 aliphatic carbocycles. The van der Waals surface area contributed by atoms with Crippen molar-refractivity contribution >= 4 is 19.6 Å². The van der Waals surface area contributed by atoms with Gasteiger partial charge in [-0.25, -0.2) is 9.18 Å². The molecule has 0 amide bonds. The molecule has 2 aromatic rings. The van der Waals surface area contributed by atoms with E-state index in [2.05, 4.69) is 8.94 Å².